The van der Waals surface area contributed by atoms with Crippen LogP contribution in [0.4, 0.5) is 5.69 Å². The predicted octanol–water partition coefficient (Wildman–Crippen LogP) is 5.25. The molecule has 0 radical (unpaired) electrons. The monoisotopic (exact) mass is 382 g/mol. The van der Waals surface area contributed by atoms with Gasteiger partial charge in [0.05, 0.1) is 13.2 Å². The Morgan fingerprint density at radius 2 is 1.69 bits per heavy atom. The van der Waals surface area contributed by atoms with E-state index in [0.717, 1.165) is 39.2 Å². The molecule has 0 fully saturated rings. The number of hydrogen-bond donors (Lipinski definition) is 0. The van der Waals surface area contributed by atoms with Crippen molar-refractivity contribution in [3.8, 4) is 5.75 Å². The van der Waals surface area contributed by atoms with E-state index in [4.69, 9.17) is 4.74 Å². The lowest BCUT2D eigenvalue weighted by molar-refractivity contribution is 0.0986. The van der Waals surface area contributed by atoms with E-state index in [-0.39, 0.29) is 11.9 Å². The van der Waals surface area contributed by atoms with Gasteiger partial charge in [-0.3, -0.25) is 9.69 Å². The molecule has 0 spiro atoms. The molecule has 1 aliphatic heterocycles. The van der Waals surface area contributed by atoms with Crippen molar-refractivity contribution >= 4 is 22.5 Å². The molecule has 4 aromatic rings. The number of carbonyl (C=O) groups excluding carboxylic acids is 1. The number of anilines is 1. The highest BCUT2D eigenvalue weighted by atomic mass is 16.5. The first-order valence-corrected chi connectivity index (χ1v) is 9.71. The van der Waals surface area contributed by atoms with Crippen LogP contribution in [0.15, 0.2) is 72.8 Å². The van der Waals surface area contributed by atoms with E-state index in [1.807, 2.05) is 52.9 Å². The molecule has 0 N–H and O–H groups in total. The zero-order valence-electron chi connectivity index (χ0n) is 16.7. The smallest absolute Gasteiger partial charge is 0.276 e. The molecule has 0 unspecified atom stereocenters. The largest absolute Gasteiger partial charge is 0.497 e. The van der Waals surface area contributed by atoms with Crippen LogP contribution in [0.1, 0.15) is 33.2 Å². The molecule has 29 heavy (non-hydrogen) atoms. The van der Waals surface area contributed by atoms with Gasteiger partial charge < -0.3 is 9.30 Å². The minimum Gasteiger partial charge on any atom is -0.497 e. The van der Waals surface area contributed by atoms with Gasteiger partial charge in [-0.25, -0.2) is 0 Å². The summed E-state index contributed by atoms with van der Waals surface area (Å²) in [5.41, 5.74) is 6.08. The molecule has 3 aromatic carbocycles. The number of methoxy groups -OCH3 is 1. The maximum atomic E-state index is 13.7. The zero-order chi connectivity index (χ0) is 20.1. The van der Waals surface area contributed by atoms with E-state index in [1.54, 1.807) is 7.11 Å². The highest BCUT2D eigenvalue weighted by Gasteiger charge is 2.42. The molecule has 1 atom stereocenters. The van der Waals surface area contributed by atoms with Gasteiger partial charge in [-0.1, -0.05) is 48.0 Å². The average molecular weight is 382 g/mol. The SMILES string of the molecule is COc1ccc(N2C(=O)c3c(c4ccccc4n3C)[C@H]2c2cccc(C)c2)cc1. The van der Waals surface area contributed by atoms with Gasteiger partial charge in [0.1, 0.15) is 11.4 Å². The van der Waals surface area contributed by atoms with Gasteiger partial charge in [0.2, 0.25) is 0 Å². The van der Waals surface area contributed by atoms with Gasteiger partial charge in [-0.15, -0.1) is 0 Å². The number of fused-ring (bicyclic) bond motifs is 3. The Hall–Kier alpha value is -3.53. The molecular formula is C25H22N2O2. The van der Waals surface area contributed by atoms with Crippen molar-refractivity contribution in [3.63, 3.8) is 0 Å². The van der Waals surface area contributed by atoms with E-state index in [2.05, 4.69) is 43.3 Å². The lowest BCUT2D eigenvalue weighted by atomic mass is 9.96. The Morgan fingerprint density at radius 3 is 2.41 bits per heavy atom. The van der Waals surface area contributed by atoms with Crippen LogP contribution in [0.2, 0.25) is 0 Å². The van der Waals surface area contributed by atoms with Gasteiger partial charge in [-0.05, 0) is 42.8 Å². The second-order valence-electron chi connectivity index (χ2n) is 7.53. The standard InChI is InChI=1S/C25H22N2O2/c1-16-7-6-8-17(15-16)23-22-20-9-4-5-10-21(20)26(2)24(22)25(28)27(23)18-11-13-19(29-3)14-12-18/h4-15,23H,1-3H3/t23-/m1/s1. The second-order valence-corrected chi connectivity index (χ2v) is 7.53. The van der Waals surface area contributed by atoms with E-state index < -0.39 is 0 Å². The van der Waals surface area contributed by atoms with Crippen molar-refractivity contribution in [2.45, 2.75) is 13.0 Å². The molecular weight excluding hydrogens is 360 g/mol. The number of benzene rings is 3. The van der Waals surface area contributed by atoms with Gasteiger partial charge in [0.25, 0.3) is 5.91 Å². The van der Waals surface area contributed by atoms with Crippen molar-refractivity contribution in [2.75, 3.05) is 12.0 Å². The summed E-state index contributed by atoms with van der Waals surface area (Å²) in [4.78, 5) is 15.6. The van der Waals surface area contributed by atoms with Crippen molar-refractivity contribution in [1.29, 1.82) is 0 Å². The Labute approximate surface area is 170 Å². The van der Waals surface area contributed by atoms with Crippen LogP contribution < -0.4 is 9.64 Å². The highest BCUT2D eigenvalue weighted by molar-refractivity contribution is 6.15. The summed E-state index contributed by atoms with van der Waals surface area (Å²) in [5.74, 6) is 0.797. The summed E-state index contributed by atoms with van der Waals surface area (Å²) in [6.45, 7) is 2.09. The quantitative estimate of drug-likeness (QED) is 0.485. The number of nitrogens with zero attached hydrogens (tertiary/aromatic N) is 2. The highest BCUT2D eigenvalue weighted by Crippen LogP contribution is 2.46. The van der Waals surface area contributed by atoms with E-state index in [1.165, 1.54) is 5.56 Å². The molecule has 1 aliphatic rings. The number of rotatable bonds is 3. The van der Waals surface area contributed by atoms with E-state index >= 15 is 0 Å². The van der Waals surface area contributed by atoms with Crippen LogP contribution in [0.5, 0.6) is 5.75 Å². The lowest BCUT2D eigenvalue weighted by Crippen LogP contribution is -2.29. The van der Waals surface area contributed by atoms with Crippen molar-refractivity contribution in [3.05, 3.63) is 95.2 Å². The Bertz CT molecular complexity index is 1240. The van der Waals surface area contributed by atoms with Gasteiger partial charge in [-0.2, -0.15) is 0 Å². The van der Waals surface area contributed by atoms with Crippen LogP contribution in [0, 0.1) is 6.92 Å². The number of aryl methyl sites for hydroxylation is 2. The normalized spacial score (nSPS) is 15.8. The molecule has 4 nitrogen and oxygen atoms in total. The molecule has 0 saturated carbocycles. The molecule has 5 rings (SSSR count). The number of carbonyl (C=O) groups is 1. The fourth-order valence-electron chi connectivity index (χ4n) is 4.48. The van der Waals surface area contributed by atoms with Gasteiger partial charge in [0.15, 0.2) is 0 Å². The third-order valence-electron chi connectivity index (χ3n) is 5.81. The zero-order valence-corrected chi connectivity index (χ0v) is 16.7. The van der Waals surface area contributed by atoms with Gasteiger partial charge in [0, 0.05) is 29.2 Å². The first-order chi connectivity index (χ1) is 14.1. The minimum absolute atomic E-state index is 0.0235. The molecule has 1 aromatic heterocycles. The minimum atomic E-state index is -0.170. The molecule has 1 amide bonds. The van der Waals surface area contributed by atoms with Crippen molar-refractivity contribution in [1.82, 2.24) is 4.57 Å². The summed E-state index contributed by atoms with van der Waals surface area (Å²) < 4.78 is 7.33. The maximum absolute atomic E-state index is 13.7. The molecule has 4 heteroatoms. The number of hydrogen-bond acceptors (Lipinski definition) is 2. The number of ether oxygens (including phenoxy) is 1. The summed E-state index contributed by atoms with van der Waals surface area (Å²) in [6, 6.07) is 24.2. The third-order valence-corrected chi connectivity index (χ3v) is 5.81. The summed E-state index contributed by atoms with van der Waals surface area (Å²) in [7, 11) is 3.62. The topological polar surface area (TPSA) is 34.5 Å². The van der Waals surface area contributed by atoms with Crippen LogP contribution in [-0.2, 0) is 7.05 Å². The summed E-state index contributed by atoms with van der Waals surface area (Å²) >= 11 is 0. The number of amides is 1. The van der Waals surface area contributed by atoms with Crippen LogP contribution in [-0.4, -0.2) is 17.6 Å². The molecule has 0 saturated heterocycles. The fourth-order valence-corrected chi connectivity index (χ4v) is 4.48. The summed E-state index contributed by atoms with van der Waals surface area (Å²) in [5, 5.41) is 1.13. The first-order valence-electron chi connectivity index (χ1n) is 9.71. The third kappa shape index (κ3) is 2.56. The Balaban J connectivity index is 1.78. The summed E-state index contributed by atoms with van der Waals surface area (Å²) in [6.07, 6.45) is 0. The first kappa shape index (κ1) is 17.6. The number of aromatic nitrogens is 1. The second kappa shape index (κ2) is 6.52. The molecule has 0 bridgehead atoms. The van der Waals surface area contributed by atoms with Crippen molar-refractivity contribution in [2.24, 2.45) is 7.05 Å². The molecule has 2 heterocycles. The van der Waals surface area contributed by atoms with Crippen LogP contribution >= 0.6 is 0 Å². The predicted molar refractivity (Wildman–Crippen MR) is 116 cm³/mol. The molecule has 144 valence electrons. The van der Waals surface area contributed by atoms with Crippen molar-refractivity contribution < 1.29 is 9.53 Å². The Kier molecular flexibility index (Phi) is 3.95. The average Bonchev–Trinajstić information content (AvgIpc) is 3.21. The molecule has 0 aliphatic carbocycles. The van der Waals surface area contributed by atoms with E-state index in [0.29, 0.717) is 0 Å². The number of para-hydroxylation sites is 1. The van der Waals surface area contributed by atoms with Crippen LogP contribution in [0.3, 0.4) is 0 Å². The van der Waals surface area contributed by atoms with Crippen LogP contribution in [0.25, 0.3) is 10.9 Å². The fraction of sp³-hybridized carbons (Fsp3) is 0.160. The van der Waals surface area contributed by atoms with Gasteiger partial charge >= 0.3 is 0 Å². The lowest BCUT2D eigenvalue weighted by Gasteiger charge is -2.27. The Morgan fingerprint density at radius 1 is 0.931 bits per heavy atom. The van der Waals surface area contributed by atoms with E-state index in [9.17, 15) is 4.79 Å². The maximum Gasteiger partial charge on any atom is 0.276 e.